The van der Waals surface area contributed by atoms with Gasteiger partial charge in [-0.05, 0) is 43.0 Å². The Kier molecular flexibility index (Phi) is 5.78. The molecule has 0 saturated carbocycles. The standard InChI is InChI=1S/C15H16ClNO2S/c16-19-13-3-1-11(2-4-13)9-12(10-17)15-6-5-14(20)7-8-18-15/h1-4,9,14-15,20H,5-8H2/b12-9+. The van der Waals surface area contributed by atoms with E-state index in [1.54, 1.807) is 12.1 Å². The lowest BCUT2D eigenvalue weighted by Crippen LogP contribution is -2.13. The number of nitrogens with zero attached hydrogens (tertiary/aromatic N) is 1. The zero-order chi connectivity index (χ0) is 14.4. The Hall–Kier alpha value is -1.15. The monoisotopic (exact) mass is 309 g/mol. The van der Waals surface area contributed by atoms with Gasteiger partial charge >= 0.3 is 0 Å². The van der Waals surface area contributed by atoms with Crippen molar-refractivity contribution in [2.45, 2.75) is 30.6 Å². The summed E-state index contributed by atoms with van der Waals surface area (Å²) in [6.45, 7) is 0.650. The summed E-state index contributed by atoms with van der Waals surface area (Å²) < 4.78 is 10.4. The molecule has 1 aliphatic rings. The third-order valence-corrected chi connectivity index (χ3v) is 3.99. The molecule has 2 unspecified atom stereocenters. The third-order valence-electron chi connectivity index (χ3n) is 3.30. The Balaban J connectivity index is 2.13. The Labute approximate surface area is 129 Å². The van der Waals surface area contributed by atoms with Crippen LogP contribution in [0.15, 0.2) is 29.8 Å². The Morgan fingerprint density at radius 1 is 1.35 bits per heavy atom. The summed E-state index contributed by atoms with van der Waals surface area (Å²) in [6.07, 6.45) is 4.44. The van der Waals surface area contributed by atoms with Gasteiger partial charge in [0.25, 0.3) is 0 Å². The molecule has 1 aromatic carbocycles. The van der Waals surface area contributed by atoms with Crippen LogP contribution in [-0.4, -0.2) is 18.0 Å². The van der Waals surface area contributed by atoms with Crippen LogP contribution in [0.2, 0.25) is 0 Å². The fourth-order valence-electron chi connectivity index (χ4n) is 2.16. The van der Waals surface area contributed by atoms with Crippen molar-refractivity contribution >= 4 is 30.6 Å². The number of hydrogen-bond acceptors (Lipinski definition) is 4. The zero-order valence-corrected chi connectivity index (χ0v) is 12.6. The van der Waals surface area contributed by atoms with Gasteiger partial charge in [-0.25, -0.2) is 0 Å². The molecule has 0 N–H and O–H groups in total. The largest absolute Gasteiger partial charge is 0.386 e. The van der Waals surface area contributed by atoms with E-state index in [0.717, 1.165) is 24.8 Å². The SMILES string of the molecule is N#C/C(=C\c1ccc(OCl)cc1)C1CCC(S)CCO1. The quantitative estimate of drug-likeness (QED) is 0.678. The molecule has 0 aliphatic carbocycles. The topological polar surface area (TPSA) is 42.2 Å². The summed E-state index contributed by atoms with van der Waals surface area (Å²) >= 11 is 9.75. The van der Waals surface area contributed by atoms with Crippen molar-refractivity contribution in [2.75, 3.05) is 6.61 Å². The summed E-state index contributed by atoms with van der Waals surface area (Å²) in [7, 11) is 0. The summed E-state index contributed by atoms with van der Waals surface area (Å²) in [4.78, 5) is 0. The first-order chi connectivity index (χ1) is 9.72. The van der Waals surface area contributed by atoms with Crippen LogP contribution in [0.25, 0.3) is 6.08 Å². The second-order valence-electron chi connectivity index (χ2n) is 4.74. The van der Waals surface area contributed by atoms with E-state index in [4.69, 9.17) is 16.6 Å². The molecule has 0 amide bonds. The first-order valence-corrected chi connectivity index (χ1v) is 7.35. The molecule has 0 radical (unpaired) electrons. The molecule has 20 heavy (non-hydrogen) atoms. The van der Waals surface area contributed by atoms with Crippen LogP contribution in [0.1, 0.15) is 24.8 Å². The van der Waals surface area contributed by atoms with Crippen molar-refractivity contribution in [1.82, 2.24) is 0 Å². The number of ether oxygens (including phenoxy) is 1. The Morgan fingerprint density at radius 3 is 2.75 bits per heavy atom. The van der Waals surface area contributed by atoms with Crippen LogP contribution in [0.5, 0.6) is 5.75 Å². The van der Waals surface area contributed by atoms with Crippen molar-refractivity contribution in [3.63, 3.8) is 0 Å². The van der Waals surface area contributed by atoms with Crippen LogP contribution in [0, 0.1) is 11.3 Å². The van der Waals surface area contributed by atoms with E-state index in [9.17, 15) is 5.26 Å². The highest BCUT2D eigenvalue weighted by Crippen LogP contribution is 2.24. The van der Waals surface area contributed by atoms with Crippen LogP contribution >= 0.6 is 24.5 Å². The molecule has 5 heteroatoms. The molecule has 1 heterocycles. The molecule has 0 aromatic heterocycles. The van der Waals surface area contributed by atoms with E-state index in [1.165, 1.54) is 0 Å². The molecule has 3 nitrogen and oxygen atoms in total. The van der Waals surface area contributed by atoms with Crippen molar-refractivity contribution < 1.29 is 9.03 Å². The van der Waals surface area contributed by atoms with Crippen LogP contribution in [-0.2, 0) is 4.74 Å². The summed E-state index contributed by atoms with van der Waals surface area (Å²) in [6, 6.07) is 9.46. The number of halogens is 1. The predicted octanol–water partition coefficient (Wildman–Crippen LogP) is 3.99. The first kappa shape index (κ1) is 15.2. The van der Waals surface area contributed by atoms with Gasteiger partial charge in [0.15, 0.2) is 0 Å². The maximum Gasteiger partial charge on any atom is 0.146 e. The number of rotatable bonds is 3. The summed E-state index contributed by atoms with van der Waals surface area (Å²) in [5, 5.41) is 9.70. The summed E-state index contributed by atoms with van der Waals surface area (Å²) in [5.41, 5.74) is 1.57. The predicted molar refractivity (Wildman–Crippen MR) is 82.9 cm³/mol. The smallest absolute Gasteiger partial charge is 0.146 e. The highest BCUT2D eigenvalue weighted by atomic mass is 35.5. The van der Waals surface area contributed by atoms with Gasteiger partial charge in [-0.2, -0.15) is 17.9 Å². The van der Waals surface area contributed by atoms with Gasteiger partial charge < -0.3 is 9.03 Å². The number of thiol groups is 1. The maximum atomic E-state index is 9.33. The molecule has 1 aromatic rings. The van der Waals surface area contributed by atoms with Crippen LogP contribution in [0.4, 0.5) is 0 Å². The average Bonchev–Trinajstić information content (AvgIpc) is 2.70. The average molecular weight is 310 g/mol. The molecule has 2 rings (SSSR count). The molecular formula is C15H16ClNO2S. The fourth-order valence-corrected chi connectivity index (χ4v) is 2.51. The van der Waals surface area contributed by atoms with Crippen LogP contribution < -0.4 is 4.29 Å². The van der Waals surface area contributed by atoms with Crippen molar-refractivity contribution in [1.29, 1.82) is 5.26 Å². The highest BCUT2D eigenvalue weighted by Gasteiger charge is 2.20. The van der Waals surface area contributed by atoms with E-state index < -0.39 is 0 Å². The highest BCUT2D eigenvalue weighted by molar-refractivity contribution is 7.80. The minimum absolute atomic E-state index is 0.138. The number of benzene rings is 1. The molecular weight excluding hydrogens is 294 g/mol. The second kappa shape index (κ2) is 7.58. The summed E-state index contributed by atoms with van der Waals surface area (Å²) in [5.74, 6) is 0.575. The lowest BCUT2D eigenvalue weighted by atomic mass is 10.0. The van der Waals surface area contributed by atoms with E-state index in [-0.39, 0.29) is 6.10 Å². The first-order valence-electron chi connectivity index (χ1n) is 6.53. The van der Waals surface area contributed by atoms with Crippen molar-refractivity contribution in [2.24, 2.45) is 0 Å². The van der Waals surface area contributed by atoms with Gasteiger partial charge in [0.1, 0.15) is 17.6 Å². The van der Waals surface area contributed by atoms with Gasteiger partial charge in [0.2, 0.25) is 0 Å². The Bertz CT molecular complexity index is 510. The van der Waals surface area contributed by atoms with Crippen LogP contribution in [0.3, 0.4) is 0 Å². The molecule has 1 saturated heterocycles. The van der Waals surface area contributed by atoms with Gasteiger partial charge in [-0.15, -0.1) is 0 Å². The van der Waals surface area contributed by atoms with Gasteiger partial charge in [0, 0.05) is 11.9 Å². The number of hydrogen-bond donors (Lipinski definition) is 1. The maximum absolute atomic E-state index is 9.33. The van der Waals surface area contributed by atoms with Crippen molar-refractivity contribution in [3.8, 4) is 11.8 Å². The second-order valence-corrected chi connectivity index (χ2v) is 5.62. The van der Waals surface area contributed by atoms with E-state index in [0.29, 0.717) is 23.2 Å². The van der Waals surface area contributed by atoms with E-state index >= 15 is 0 Å². The minimum Gasteiger partial charge on any atom is -0.386 e. The van der Waals surface area contributed by atoms with E-state index in [1.807, 2.05) is 18.2 Å². The van der Waals surface area contributed by atoms with E-state index in [2.05, 4.69) is 23.0 Å². The molecule has 1 fully saturated rings. The van der Waals surface area contributed by atoms with Gasteiger partial charge in [0.05, 0.1) is 17.7 Å². The third kappa shape index (κ3) is 4.17. The zero-order valence-electron chi connectivity index (χ0n) is 11.0. The molecule has 0 bridgehead atoms. The fraction of sp³-hybridized carbons (Fsp3) is 0.400. The lowest BCUT2D eigenvalue weighted by molar-refractivity contribution is 0.0873. The number of nitriles is 1. The normalized spacial score (nSPS) is 23.8. The Morgan fingerprint density at radius 2 is 2.10 bits per heavy atom. The molecule has 1 aliphatic heterocycles. The van der Waals surface area contributed by atoms with Gasteiger partial charge in [-0.1, -0.05) is 12.1 Å². The molecule has 2 atom stereocenters. The minimum atomic E-state index is -0.138. The van der Waals surface area contributed by atoms with Crippen molar-refractivity contribution in [3.05, 3.63) is 35.4 Å². The molecule has 106 valence electrons. The molecule has 0 spiro atoms. The lowest BCUT2D eigenvalue weighted by Gasteiger charge is -2.13. The van der Waals surface area contributed by atoms with Gasteiger partial charge in [-0.3, -0.25) is 0 Å².